The summed E-state index contributed by atoms with van der Waals surface area (Å²) in [7, 11) is 0. The largest absolute Gasteiger partial charge is 0.443 e. The van der Waals surface area contributed by atoms with Crippen LogP contribution in [0.15, 0.2) is 30.5 Å². The minimum absolute atomic E-state index is 0.416. The van der Waals surface area contributed by atoms with E-state index in [9.17, 15) is 4.79 Å². The van der Waals surface area contributed by atoms with Crippen molar-refractivity contribution in [1.82, 2.24) is 4.57 Å². The van der Waals surface area contributed by atoms with Gasteiger partial charge in [0.2, 0.25) is 0 Å². The number of hydrogen-bond acceptors (Lipinski definition) is 2. The molecule has 0 radical (unpaired) electrons. The van der Waals surface area contributed by atoms with Crippen LogP contribution in [0.5, 0.6) is 0 Å². The van der Waals surface area contributed by atoms with Gasteiger partial charge >= 0.3 is 6.09 Å². The van der Waals surface area contributed by atoms with Gasteiger partial charge in [0.1, 0.15) is 5.60 Å². The molecule has 92 valence electrons. The second kappa shape index (κ2) is 4.23. The van der Waals surface area contributed by atoms with Crippen molar-refractivity contribution in [2.75, 3.05) is 0 Å². The third-order valence-corrected chi connectivity index (χ3v) is 2.46. The summed E-state index contributed by atoms with van der Waals surface area (Å²) in [5.74, 6) is 2.58. The third-order valence-electron chi connectivity index (χ3n) is 2.46. The molecular weight excluding hydrogens is 226 g/mol. The van der Waals surface area contributed by atoms with Crippen LogP contribution < -0.4 is 0 Å². The number of carbonyl (C=O) groups is 1. The van der Waals surface area contributed by atoms with Crippen LogP contribution >= 0.6 is 0 Å². The predicted octanol–water partition coefficient (Wildman–Crippen LogP) is 3.41. The normalized spacial score (nSPS) is 11.2. The van der Waals surface area contributed by atoms with Crippen LogP contribution in [0.4, 0.5) is 4.79 Å². The quantitative estimate of drug-likeness (QED) is 0.662. The van der Waals surface area contributed by atoms with Crippen molar-refractivity contribution in [3.63, 3.8) is 0 Å². The van der Waals surface area contributed by atoms with Crippen molar-refractivity contribution in [2.45, 2.75) is 26.4 Å². The minimum Gasteiger partial charge on any atom is -0.443 e. The second-order valence-corrected chi connectivity index (χ2v) is 5.05. The molecule has 0 aliphatic heterocycles. The van der Waals surface area contributed by atoms with Crippen LogP contribution in [0.1, 0.15) is 26.3 Å². The van der Waals surface area contributed by atoms with E-state index < -0.39 is 11.7 Å². The summed E-state index contributed by atoms with van der Waals surface area (Å²) in [4.78, 5) is 12.1. The van der Waals surface area contributed by atoms with Crippen LogP contribution in [-0.4, -0.2) is 16.3 Å². The first-order chi connectivity index (χ1) is 8.42. The summed E-state index contributed by atoms with van der Waals surface area (Å²) in [6, 6.07) is 7.50. The van der Waals surface area contributed by atoms with Crippen molar-refractivity contribution in [3.05, 3.63) is 36.0 Å². The SMILES string of the molecule is C#Cc1cn(C(=O)OC(C)(C)C)c2ccccc12. The zero-order valence-electron chi connectivity index (χ0n) is 10.7. The summed E-state index contributed by atoms with van der Waals surface area (Å²) in [5, 5.41) is 0.880. The zero-order valence-corrected chi connectivity index (χ0v) is 10.7. The minimum atomic E-state index is -0.529. The summed E-state index contributed by atoms with van der Waals surface area (Å²) >= 11 is 0. The van der Waals surface area contributed by atoms with E-state index in [0.717, 1.165) is 10.9 Å². The lowest BCUT2D eigenvalue weighted by atomic mass is 10.2. The number of benzene rings is 1. The van der Waals surface area contributed by atoms with Crippen LogP contribution in [0.25, 0.3) is 10.9 Å². The number of aromatic nitrogens is 1. The van der Waals surface area contributed by atoms with E-state index in [-0.39, 0.29) is 0 Å². The lowest BCUT2D eigenvalue weighted by Crippen LogP contribution is -2.26. The van der Waals surface area contributed by atoms with Gasteiger partial charge in [-0.05, 0) is 26.8 Å². The Morgan fingerprint density at radius 3 is 2.61 bits per heavy atom. The fourth-order valence-corrected chi connectivity index (χ4v) is 1.76. The first kappa shape index (κ1) is 12.3. The molecule has 0 amide bonds. The molecule has 3 heteroatoms. The molecule has 18 heavy (non-hydrogen) atoms. The van der Waals surface area contributed by atoms with Crippen LogP contribution in [-0.2, 0) is 4.74 Å². The molecule has 2 rings (SSSR count). The number of para-hydroxylation sites is 1. The molecule has 0 bridgehead atoms. The molecule has 0 saturated carbocycles. The van der Waals surface area contributed by atoms with E-state index in [1.165, 1.54) is 4.57 Å². The Bertz CT molecular complexity index is 639. The molecule has 1 aromatic carbocycles. The summed E-state index contributed by atoms with van der Waals surface area (Å²) in [6.45, 7) is 5.50. The molecule has 0 fully saturated rings. The van der Waals surface area contributed by atoms with E-state index in [0.29, 0.717) is 5.56 Å². The Hall–Kier alpha value is -2.21. The fourth-order valence-electron chi connectivity index (χ4n) is 1.76. The lowest BCUT2D eigenvalue weighted by Gasteiger charge is -2.19. The maximum Gasteiger partial charge on any atom is 0.419 e. The molecule has 1 aromatic heterocycles. The Morgan fingerprint density at radius 2 is 2.00 bits per heavy atom. The summed E-state index contributed by atoms with van der Waals surface area (Å²) in [5.41, 5.74) is 0.926. The molecule has 0 aliphatic carbocycles. The highest BCUT2D eigenvalue weighted by Gasteiger charge is 2.20. The summed E-state index contributed by atoms with van der Waals surface area (Å²) < 4.78 is 6.80. The monoisotopic (exact) mass is 241 g/mol. The van der Waals surface area contributed by atoms with Crippen LogP contribution in [0.3, 0.4) is 0 Å². The number of hydrogen-bond donors (Lipinski definition) is 0. The van der Waals surface area contributed by atoms with E-state index in [4.69, 9.17) is 11.2 Å². The molecule has 0 unspecified atom stereocenters. The Morgan fingerprint density at radius 1 is 1.33 bits per heavy atom. The maximum absolute atomic E-state index is 12.1. The van der Waals surface area contributed by atoms with Crippen LogP contribution in [0.2, 0.25) is 0 Å². The number of nitrogens with zero attached hydrogens (tertiary/aromatic N) is 1. The van der Waals surface area contributed by atoms with Crippen molar-refractivity contribution in [3.8, 4) is 12.3 Å². The van der Waals surface area contributed by atoms with Gasteiger partial charge in [0.05, 0.1) is 11.1 Å². The average molecular weight is 241 g/mol. The third kappa shape index (κ3) is 2.23. The molecule has 3 nitrogen and oxygen atoms in total. The molecular formula is C15H15NO2. The molecule has 0 spiro atoms. The standard InChI is InChI=1S/C15H15NO2/c1-5-11-10-16(14(17)18-15(2,3)4)13-9-7-6-8-12(11)13/h1,6-10H,2-4H3. The smallest absolute Gasteiger partial charge is 0.419 e. The zero-order chi connectivity index (χ0) is 13.3. The van der Waals surface area contributed by atoms with Crippen molar-refractivity contribution in [2.24, 2.45) is 0 Å². The predicted molar refractivity (Wildman–Crippen MR) is 71.5 cm³/mol. The topological polar surface area (TPSA) is 31.2 Å². The van der Waals surface area contributed by atoms with E-state index in [2.05, 4.69) is 5.92 Å². The van der Waals surface area contributed by atoms with Gasteiger partial charge in [0, 0.05) is 11.6 Å². The van der Waals surface area contributed by atoms with Gasteiger partial charge in [-0.1, -0.05) is 24.1 Å². The number of carbonyl (C=O) groups excluding carboxylic acids is 1. The molecule has 1 heterocycles. The second-order valence-electron chi connectivity index (χ2n) is 5.05. The maximum atomic E-state index is 12.1. The van der Waals surface area contributed by atoms with Gasteiger partial charge in [-0.3, -0.25) is 4.57 Å². The number of ether oxygens (including phenoxy) is 1. The van der Waals surface area contributed by atoms with Crippen LogP contribution in [0, 0.1) is 12.3 Å². The number of rotatable bonds is 0. The number of terminal acetylenes is 1. The van der Waals surface area contributed by atoms with Gasteiger partial charge in [0.15, 0.2) is 0 Å². The average Bonchev–Trinajstić information content (AvgIpc) is 2.65. The highest BCUT2D eigenvalue weighted by Crippen LogP contribution is 2.21. The molecule has 0 atom stereocenters. The van der Waals surface area contributed by atoms with E-state index in [1.54, 1.807) is 6.20 Å². The first-order valence-electron chi connectivity index (χ1n) is 5.72. The highest BCUT2D eigenvalue weighted by atomic mass is 16.6. The fraction of sp³-hybridized carbons (Fsp3) is 0.267. The molecule has 0 saturated heterocycles. The van der Waals surface area contributed by atoms with Gasteiger partial charge in [-0.25, -0.2) is 4.79 Å². The molecule has 0 N–H and O–H groups in total. The van der Waals surface area contributed by atoms with E-state index >= 15 is 0 Å². The Kier molecular flexibility index (Phi) is 2.88. The summed E-state index contributed by atoms with van der Waals surface area (Å²) in [6.07, 6.45) is 6.66. The number of fused-ring (bicyclic) bond motifs is 1. The highest BCUT2D eigenvalue weighted by molar-refractivity contribution is 5.93. The van der Waals surface area contributed by atoms with Crippen molar-refractivity contribution in [1.29, 1.82) is 0 Å². The Labute approximate surface area is 106 Å². The van der Waals surface area contributed by atoms with Crippen molar-refractivity contribution < 1.29 is 9.53 Å². The van der Waals surface area contributed by atoms with Gasteiger partial charge in [-0.2, -0.15) is 0 Å². The van der Waals surface area contributed by atoms with Crippen molar-refractivity contribution >= 4 is 17.0 Å². The first-order valence-corrected chi connectivity index (χ1v) is 5.72. The molecule has 2 aromatic rings. The van der Waals surface area contributed by atoms with E-state index in [1.807, 2.05) is 45.0 Å². The molecule has 0 aliphatic rings. The van der Waals surface area contributed by atoms with Gasteiger partial charge in [-0.15, -0.1) is 6.42 Å². The Balaban J connectivity index is 2.53. The van der Waals surface area contributed by atoms with Gasteiger partial charge < -0.3 is 4.74 Å². The van der Waals surface area contributed by atoms with Gasteiger partial charge in [0.25, 0.3) is 0 Å². The lowest BCUT2D eigenvalue weighted by molar-refractivity contribution is 0.0544.